The Morgan fingerprint density at radius 2 is 2.35 bits per heavy atom. The average molecular weight is 295 g/mol. The molecule has 20 heavy (non-hydrogen) atoms. The van der Waals surface area contributed by atoms with Crippen molar-refractivity contribution < 1.29 is 4.92 Å². The molecule has 0 radical (unpaired) electrons. The maximum absolute atomic E-state index is 10.6. The van der Waals surface area contributed by atoms with Gasteiger partial charge >= 0.3 is 0 Å². The molecule has 0 aliphatic carbocycles. The highest BCUT2D eigenvalue weighted by Crippen LogP contribution is 2.22. The van der Waals surface area contributed by atoms with E-state index in [1.165, 1.54) is 12.1 Å². The Kier molecular flexibility index (Phi) is 4.70. The third-order valence-corrected chi connectivity index (χ3v) is 3.28. The molecule has 0 fully saturated rings. The summed E-state index contributed by atoms with van der Waals surface area (Å²) in [5.74, 6) is 0. The predicted octanol–water partition coefficient (Wildman–Crippen LogP) is 2.62. The van der Waals surface area contributed by atoms with Crippen LogP contribution in [-0.4, -0.2) is 20.5 Å². The van der Waals surface area contributed by atoms with Crippen LogP contribution in [0.2, 0.25) is 5.02 Å². The van der Waals surface area contributed by atoms with Gasteiger partial charge in [-0.2, -0.15) is 0 Å². The molecule has 0 aliphatic heterocycles. The van der Waals surface area contributed by atoms with E-state index in [2.05, 4.69) is 17.2 Å². The van der Waals surface area contributed by atoms with Crippen LogP contribution in [0, 0.1) is 10.1 Å². The van der Waals surface area contributed by atoms with E-state index in [9.17, 15) is 10.1 Å². The molecule has 1 aromatic heterocycles. The number of hydrogen-bond donors (Lipinski definition) is 1. The van der Waals surface area contributed by atoms with Crippen molar-refractivity contribution in [1.29, 1.82) is 0 Å². The highest BCUT2D eigenvalue weighted by molar-refractivity contribution is 6.31. The topological polar surface area (TPSA) is 73.0 Å². The van der Waals surface area contributed by atoms with E-state index >= 15 is 0 Å². The standard InChI is InChI=1S/C13H15ClN4O2/c1-10(8-17-5-4-15-9-17)16-7-11-2-3-12(18(19)20)6-13(11)14/h2-6,9-10,16H,7-8H2,1H3. The number of halogens is 1. The highest BCUT2D eigenvalue weighted by Gasteiger charge is 2.10. The second-order valence-electron chi connectivity index (χ2n) is 4.57. The Labute approximate surface area is 121 Å². The van der Waals surface area contributed by atoms with Gasteiger partial charge < -0.3 is 9.88 Å². The fourth-order valence-corrected chi connectivity index (χ4v) is 2.09. The lowest BCUT2D eigenvalue weighted by atomic mass is 10.2. The van der Waals surface area contributed by atoms with Gasteiger partial charge in [0.05, 0.1) is 16.3 Å². The van der Waals surface area contributed by atoms with Crippen LogP contribution in [0.4, 0.5) is 5.69 Å². The maximum Gasteiger partial charge on any atom is 0.270 e. The van der Waals surface area contributed by atoms with Gasteiger partial charge in [0.25, 0.3) is 5.69 Å². The van der Waals surface area contributed by atoms with Gasteiger partial charge in [0.15, 0.2) is 0 Å². The normalized spacial score (nSPS) is 12.3. The number of rotatable bonds is 6. The molecule has 106 valence electrons. The minimum absolute atomic E-state index is 0.00483. The quantitative estimate of drug-likeness (QED) is 0.656. The third-order valence-electron chi connectivity index (χ3n) is 2.93. The molecular formula is C13H15ClN4O2. The van der Waals surface area contributed by atoms with Crippen LogP contribution < -0.4 is 5.32 Å². The molecule has 0 aliphatic rings. The van der Waals surface area contributed by atoms with E-state index in [-0.39, 0.29) is 11.7 Å². The summed E-state index contributed by atoms with van der Waals surface area (Å²) in [4.78, 5) is 14.2. The SMILES string of the molecule is CC(Cn1ccnc1)NCc1ccc([N+](=O)[O-])cc1Cl. The lowest BCUT2D eigenvalue weighted by Crippen LogP contribution is -2.29. The van der Waals surface area contributed by atoms with E-state index in [1.54, 1.807) is 18.6 Å². The number of imidazole rings is 1. The first-order chi connectivity index (χ1) is 9.56. The summed E-state index contributed by atoms with van der Waals surface area (Å²) >= 11 is 6.04. The van der Waals surface area contributed by atoms with Crippen molar-refractivity contribution in [1.82, 2.24) is 14.9 Å². The number of nitrogens with one attached hydrogen (secondary N) is 1. The number of aromatic nitrogens is 2. The second kappa shape index (κ2) is 6.49. The first-order valence-corrected chi connectivity index (χ1v) is 6.56. The number of nitro benzene ring substituents is 1. The summed E-state index contributed by atoms with van der Waals surface area (Å²) in [5, 5.41) is 14.4. The summed E-state index contributed by atoms with van der Waals surface area (Å²) in [5.41, 5.74) is 0.847. The van der Waals surface area contributed by atoms with Gasteiger partial charge in [-0.05, 0) is 18.6 Å². The van der Waals surface area contributed by atoms with Gasteiger partial charge in [0, 0.05) is 43.7 Å². The van der Waals surface area contributed by atoms with Crippen molar-refractivity contribution in [3.05, 3.63) is 57.6 Å². The monoisotopic (exact) mass is 294 g/mol. The van der Waals surface area contributed by atoms with Crippen molar-refractivity contribution in [2.75, 3.05) is 0 Å². The second-order valence-corrected chi connectivity index (χ2v) is 4.98. The fourth-order valence-electron chi connectivity index (χ4n) is 1.85. The summed E-state index contributed by atoms with van der Waals surface area (Å²) in [6.07, 6.45) is 5.40. The smallest absolute Gasteiger partial charge is 0.270 e. The first-order valence-electron chi connectivity index (χ1n) is 6.18. The zero-order valence-corrected chi connectivity index (χ0v) is 11.7. The Morgan fingerprint density at radius 1 is 1.55 bits per heavy atom. The van der Waals surface area contributed by atoms with E-state index in [0.29, 0.717) is 11.6 Å². The van der Waals surface area contributed by atoms with E-state index in [4.69, 9.17) is 11.6 Å². The molecule has 1 N–H and O–H groups in total. The largest absolute Gasteiger partial charge is 0.336 e. The van der Waals surface area contributed by atoms with Crippen LogP contribution in [0.25, 0.3) is 0 Å². The van der Waals surface area contributed by atoms with Gasteiger partial charge in [0.2, 0.25) is 0 Å². The van der Waals surface area contributed by atoms with Crippen LogP contribution in [0.5, 0.6) is 0 Å². The lowest BCUT2D eigenvalue weighted by Gasteiger charge is -2.15. The minimum atomic E-state index is -0.454. The Morgan fingerprint density at radius 3 is 2.95 bits per heavy atom. The fraction of sp³-hybridized carbons (Fsp3) is 0.308. The van der Waals surface area contributed by atoms with Crippen molar-refractivity contribution >= 4 is 17.3 Å². The Balaban J connectivity index is 1.92. The van der Waals surface area contributed by atoms with Gasteiger partial charge in [-0.15, -0.1) is 0 Å². The number of hydrogen-bond acceptors (Lipinski definition) is 4. The molecule has 2 aromatic rings. The molecule has 0 bridgehead atoms. The van der Waals surface area contributed by atoms with Crippen molar-refractivity contribution in [3.8, 4) is 0 Å². The molecule has 0 amide bonds. The first kappa shape index (κ1) is 14.5. The Hall–Kier alpha value is -1.92. The zero-order valence-electron chi connectivity index (χ0n) is 11.0. The number of benzene rings is 1. The summed E-state index contributed by atoms with van der Waals surface area (Å²) in [6, 6.07) is 4.75. The highest BCUT2D eigenvalue weighted by atomic mass is 35.5. The number of non-ortho nitro benzene ring substituents is 1. The minimum Gasteiger partial charge on any atom is -0.336 e. The Bertz CT molecular complexity index is 586. The number of nitrogens with zero attached hydrogens (tertiary/aromatic N) is 3. The van der Waals surface area contributed by atoms with Crippen molar-refractivity contribution in [2.24, 2.45) is 0 Å². The van der Waals surface area contributed by atoms with E-state index in [1.807, 2.05) is 10.8 Å². The van der Waals surface area contributed by atoms with Crippen molar-refractivity contribution in [3.63, 3.8) is 0 Å². The van der Waals surface area contributed by atoms with Crippen LogP contribution in [0.15, 0.2) is 36.9 Å². The molecular weight excluding hydrogens is 280 g/mol. The molecule has 7 heteroatoms. The van der Waals surface area contributed by atoms with Gasteiger partial charge in [0.1, 0.15) is 0 Å². The zero-order chi connectivity index (χ0) is 14.5. The molecule has 1 heterocycles. The molecule has 0 spiro atoms. The van der Waals surface area contributed by atoms with Gasteiger partial charge in [-0.1, -0.05) is 11.6 Å². The van der Waals surface area contributed by atoms with E-state index < -0.39 is 4.92 Å². The van der Waals surface area contributed by atoms with Crippen LogP contribution in [0.1, 0.15) is 12.5 Å². The molecule has 1 unspecified atom stereocenters. The van der Waals surface area contributed by atoms with Crippen LogP contribution in [-0.2, 0) is 13.1 Å². The summed E-state index contributed by atoms with van der Waals surface area (Å²) < 4.78 is 1.98. The summed E-state index contributed by atoms with van der Waals surface area (Å²) in [6.45, 7) is 3.41. The molecule has 1 atom stereocenters. The maximum atomic E-state index is 10.6. The molecule has 0 saturated carbocycles. The van der Waals surface area contributed by atoms with Gasteiger partial charge in [-0.25, -0.2) is 4.98 Å². The number of nitro groups is 1. The molecule has 1 aromatic carbocycles. The predicted molar refractivity (Wildman–Crippen MR) is 76.6 cm³/mol. The molecule has 2 rings (SSSR count). The molecule has 0 saturated heterocycles. The summed E-state index contributed by atoms with van der Waals surface area (Å²) in [7, 11) is 0. The van der Waals surface area contributed by atoms with E-state index in [0.717, 1.165) is 12.1 Å². The average Bonchev–Trinajstić information content (AvgIpc) is 2.90. The third kappa shape index (κ3) is 3.79. The van der Waals surface area contributed by atoms with Crippen LogP contribution in [0.3, 0.4) is 0 Å². The van der Waals surface area contributed by atoms with Gasteiger partial charge in [-0.3, -0.25) is 10.1 Å². The van der Waals surface area contributed by atoms with Crippen LogP contribution >= 0.6 is 11.6 Å². The molecule has 6 nitrogen and oxygen atoms in total. The lowest BCUT2D eigenvalue weighted by molar-refractivity contribution is -0.384. The van der Waals surface area contributed by atoms with Crippen molar-refractivity contribution in [2.45, 2.75) is 26.1 Å².